The van der Waals surface area contributed by atoms with E-state index in [0.29, 0.717) is 0 Å². The number of fused-ring (bicyclic) bond motifs is 3. The molecule has 4 aromatic carbocycles. The third-order valence-electron chi connectivity index (χ3n) is 6.33. The Morgan fingerprint density at radius 2 is 1.56 bits per heavy atom. The van der Waals surface area contributed by atoms with E-state index in [1.165, 1.54) is 33.0 Å². The van der Waals surface area contributed by atoms with Crippen molar-refractivity contribution in [3.8, 4) is 0 Å². The number of benzene rings is 4. The largest absolute Gasteiger partial charge is 0.455 e. The van der Waals surface area contributed by atoms with E-state index >= 15 is 0 Å². The highest BCUT2D eigenvalue weighted by Crippen LogP contribution is 2.42. The van der Waals surface area contributed by atoms with E-state index in [0.717, 1.165) is 45.3 Å². The molecule has 1 aliphatic heterocycles. The maximum Gasteiger partial charge on any atom is 0.144 e. The van der Waals surface area contributed by atoms with Crippen LogP contribution in [0.5, 0.6) is 0 Å². The summed E-state index contributed by atoms with van der Waals surface area (Å²) in [5, 5.41) is 4.86. The number of aryl methyl sites for hydroxylation is 2. The molecule has 158 valence electrons. The molecule has 2 nitrogen and oxygen atoms in total. The smallest absolute Gasteiger partial charge is 0.144 e. The van der Waals surface area contributed by atoms with Gasteiger partial charge in [-0.1, -0.05) is 51.1 Å². The molecule has 0 radical (unpaired) electrons. The highest BCUT2D eigenvalue weighted by molar-refractivity contribution is 6.30. The molecule has 5 aromatic rings. The number of para-hydroxylation sites is 1. The molecule has 0 fully saturated rings. The predicted octanol–water partition coefficient (Wildman–Crippen LogP) is 8.43. The second-order valence-electron chi connectivity index (χ2n) is 10.5. The van der Waals surface area contributed by atoms with Crippen LogP contribution < -0.4 is 0 Å². The molecule has 1 aromatic heterocycles. The number of hydrogen-bond acceptors (Lipinski definition) is 2. The maximum atomic E-state index is 6.38. The molecule has 0 saturated heterocycles. The van der Waals surface area contributed by atoms with Crippen molar-refractivity contribution in [3.63, 3.8) is 0 Å². The van der Waals surface area contributed by atoms with E-state index < -0.39 is 0 Å². The Bertz CT molecular complexity index is 1590. The minimum Gasteiger partial charge on any atom is -0.455 e. The Morgan fingerprint density at radius 1 is 0.812 bits per heavy atom. The van der Waals surface area contributed by atoms with Gasteiger partial charge < -0.3 is 4.42 Å². The first-order valence-electron chi connectivity index (χ1n) is 11.4. The first-order chi connectivity index (χ1) is 15.3. The van der Waals surface area contributed by atoms with Crippen LogP contribution in [0.3, 0.4) is 0 Å². The molecular formula is C30H27NO. The highest BCUT2D eigenvalue weighted by atomic mass is 16.3. The quantitative estimate of drug-likeness (QED) is 0.277. The van der Waals surface area contributed by atoms with E-state index in [4.69, 9.17) is 9.41 Å². The molecule has 0 atom stereocenters. The Morgan fingerprint density at radius 3 is 2.38 bits per heavy atom. The molecule has 2 heteroatoms. The lowest BCUT2D eigenvalue weighted by atomic mass is 9.86. The number of hydrogen-bond donors (Lipinski definition) is 0. The summed E-state index contributed by atoms with van der Waals surface area (Å²) in [7, 11) is 0. The zero-order valence-electron chi connectivity index (χ0n) is 19.3. The molecule has 32 heavy (non-hydrogen) atoms. The first kappa shape index (κ1) is 19.3. The maximum absolute atomic E-state index is 6.38. The molecule has 0 spiro atoms. The van der Waals surface area contributed by atoms with Gasteiger partial charge in [0.25, 0.3) is 0 Å². The lowest BCUT2D eigenvalue weighted by Gasteiger charge is -2.18. The number of aliphatic imine (C=N–C) groups is 1. The summed E-state index contributed by atoms with van der Waals surface area (Å²) in [6.07, 6.45) is 1.03. The van der Waals surface area contributed by atoms with Crippen LogP contribution >= 0.6 is 0 Å². The Labute approximate surface area is 188 Å². The van der Waals surface area contributed by atoms with Crippen molar-refractivity contribution in [2.45, 2.75) is 41.0 Å². The van der Waals surface area contributed by atoms with Crippen LogP contribution in [0.1, 0.15) is 48.6 Å². The second kappa shape index (κ2) is 6.56. The third kappa shape index (κ3) is 2.97. The molecule has 0 aliphatic carbocycles. The van der Waals surface area contributed by atoms with Gasteiger partial charge in [0.15, 0.2) is 0 Å². The van der Waals surface area contributed by atoms with E-state index in [-0.39, 0.29) is 5.41 Å². The Balaban J connectivity index is 1.64. The van der Waals surface area contributed by atoms with Gasteiger partial charge in [-0.3, -0.25) is 0 Å². The zero-order chi connectivity index (χ0) is 22.2. The summed E-state index contributed by atoms with van der Waals surface area (Å²) < 4.78 is 6.38. The summed E-state index contributed by atoms with van der Waals surface area (Å²) in [5.41, 5.74) is 10.3. The van der Waals surface area contributed by atoms with Gasteiger partial charge in [0.05, 0.1) is 11.4 Å². The van der Waals surface area contributed by atoms with Gasteiger partial charge in [0, 0.05) is 27.3 Å². The van der Waals surface area contributed by atoms with Crippen molar-refractivity contribution in [2.24, 2.45) is 10.4 Å². The Hall–Kier alpha value is -3.39. The van der Waals surface area contributed by atoms with Crippen LogP contribution in [0, 0.1) is 19.3 Å². The average Bonchev–Trinajstić information content (AvgIpc) is 3.25. The number of furan rings is 1. The van der Waals surface area contributed by atoms with Gasteiger partial charge >= 0.3 is 0 Å². The van der Waals surface area contributed by atoms with Crippen LogP contribution in [0.4, 0.5) is 5.69 Å². The lowest BCUT2D eigenvalue weighted by Crippen LogP contribution is -2.08. The van der Waals surface area contributed by atoms with Gasteiger partial charge in [-0.25, -0.2) is 4.99 Å². The fourth-order valence-electron chi connectivity index (χ4n) is 5.23. The normalized spacial score (nSPS) is 13.5. The summed E-state index contributed by atoms with van der Waals surface area (Å²) in [6, 6.07) is 21.9. The van der Waals surface area contributed by atoms with E-state index in [1.807, 2.05) is 12.1 Å². The van der Waals surface area contributed by atoms with Crippen molar-refractivity contribution < 1.29 is 4.42 Å². The zero-order valence-corrected chi connectivity index (χ0v) is 19.3. The third-order valence-corrected chi connectivity index (χ3v) is 6.33. The van der Waals surface area contributed by atoms with Gasteiger partial charge in [-0.2, -0.15) is 0 Å². The van der Waals surface area contributed by atoms with Crippen molar-refractivity contribution in [2.75, 3.05) is 0 Å². The van der Waals surface area contributed by atoms with Gasteiger partial charge in [0.1, 0.15) is 11.2 Å². The van der Waals surface area contributed by atoms with Crippen LogP contribution in [0.2, 0.25) is 0 Å². The first-order valence-corrected chi connectivity index (χ1v) is 11.4. The SMILES string of the molecule is Cc1cc2c3c(cc(CC(C)(C)C)cc3c1)N=C2c1cc(C)cc2c1oc1ccccc12. The van der Waals surface area contributed by atoms with Gasteiger partial charge in [0.2, 0.25) is 0 Å². The number of nitrogens with zero attached hydrogens (tertiary/aromatic N) is 1. The highest BCUT2D eigenvalue weighted by Gasteiger charge is 2.25. The molecule has 1 aliphatic rings. The van der Waals surface area contributed by atoms with Crippen molar-refractivity contribution in [3.05, 3.63) is 88.5 Å². The van der Waals surface area contributed by atoms with E-state index in [9.17, 15) is 0 Å². The van der Waals surface area contributed by atoms with Crippen LogP contribution in [0.15, 0.2) is 70.1 Å². The molecular weight excluding hydrogens is 390 g/mol. The molecule has 0 saturated carbocycles. The molecule has 6 rings (SSSR count). The molecule has 0 unspecified atom stereocenters. The van der Waals surface area contributed by atoms with Crippen LogP contribution in [0.25, 0.3) is 32.7 Å². The van der Waals surface area contributed by atoms with Crippen LogP contribution in [-0.2, 0) is 6.42 Å². The minimum absolute atomic E-state index is 0.231. The fraction of sp³-hybridized carbons (Fsp3) is 0.233. The minimum atomic E-state index is 0.231. The second-order valence-corrected chi connectivity index (χ2v) is 10.5. The molecule has 0 amide bonds. The summed E-state index contributed by atoms with van der Waals surface area (Å²) in [4.78, 5) is 5.22. The fourth-order valence-corrected chi connectivity index (χ4v) is 5.23. The van der Waals surface area contributed by atoms with Crippen LogP contribution in [-0.4, -0.2) is 5.71 Å². The molecule has 0 N–H and O–H groups in total. The van der Waals surface area contributed by atoms with Crippen molar-refractivity contribution in [1.29, 1.82) is 0 Å². The van der Waals surface area contributed by atoms with Crippen molar-refractivity contribution in [1.82, 2.24) is 0 Å². The standard InChI is InChI=1S/C30H27NO/c1-17-10-20-14-19(16-30(3,4)5)15-25-27(20)23(12-17)28(31-25)24-13-18(2)11-22-21-8-6-7-9-26(21)32-29(22)24/h6-15H,16H2,1-5H3. The van der Waals surface area contributed by atoms with Gasteiger partial charge in [-0.05, 0) is 78.1 Å². The summed E-state index contributed by atoms with van der Waals surface area (Å²) in [5.74, 6) is 0. The summed E-state index contributed by atoms with van der Waals surface area (Å²) in [6.45, 7) is 11.2. The topological polar surface area (TPSA) is 25.5 Å². The lowest BCUT2D eigenvalue weighted by molar-refractivity contribution is 0.411. The van der Waals surface area contributed by atoms with Crippen molar-refractivity contribution >= 4 is 44.1 Å². The van der Waals surface area contributed by atoms with Gasteiger partial charge in [-0.15, -0.1) is 0 Å². The monoisotopic (exact) mass is 417 g/mol. The number of rotatable bonds is 2. The van der Waals surface area contributed by atoms with E-state index in [2.05, 4.69) is 83.1 Å². The Kier molecular flexibility index (Phi) is 3.96. The summed E-state index contributed by atoms with van der Waals surface area (Å²) >= 11 is 0. The average molecular weight is 418 g/mol. The molecule has 0 bridgehead atoms. The van der Waals surface area contributed by atoms with E-state index in [1.54, 1.807) is 0 Å². The predicted molar refractivity (Wildman–Crippen MR) is 136 cm³/mol. The molecule has 2 heterocycles.